The van der Waals surface area contributed by atoms with Gasteiger partial charge in [0.05, 0.1) is 30.0 Å². The highest BCUT2D eigenvalue weighted by atomic mass is 19.1. The first-order chi connectivity index (χ1) is 10.0. The highest BCUT2D eigenvalue weighted by Crippen LogP contribution is 2.26. The van der Waals surface area contributed by atoms with Gasteiger partial charge in [0, 0.05) is 6.07 Å². The predicted octanol–water partition coefficient (Wildman–Crippen LogP) is 3.27. The number of nitriles is 1. The second-order valence-corrected chi connectivity index (χ2v) is 4.46. The molecule has 2 rings (SSSR count). The second kappa shape index (κ2) is 6.06. The van der Waals surface area contributed by atoms with Crippen molar-refractivity contribution in [2.45, 2.75) is 6.92 Å². The Hall–Kier alpha value is -2.87. The maximum absolute atomic E-state index is 13.8. The molecule has 2 aromatic carbocycles. The molecule has 0 radical (unpaired) electrons. The van der Waals surface area contributed by atoms with Crippen LogP contribution in [0.1, 0.15) is 21.5 Å². The summed E-state index contributed by atoms with van der Waals surface area (Å²) in [5.41, 5.74) is 1.47. The Kier molecular flexibility index (Phi) is 4.19. The van der Waals surface area contributed by atoms with Gasteiger partial charge < -0.3 is 10.1 Å². The number of carbonyl (C=O) groups is 1. The number of hydrogen-bond donors (Lipinski definition) is 1. The molecule has 1 N–H and O–H groups in total. The van der Waals surface area contributed by atoms with Crippen LogP contribution in [-0.4, -0.2) is 13.0 Å². The van der Waals surface area contributed by atoms with E-state index in [9.17, 15) is 9.18 Å². The molecule has 4 nitrogen and oxygen atoms in total. The van der Waals surface area contributed by atoms with Crippen molar-refractivity contribution >= 4 is 11.6 Å². The van der Waals surface area contributed by atoms with Gasteiger partial charge in [-0.05, 0) is 36.8 Å². The van der Waals surface area contributed by atoms with Crippen LogP contribution in [0.25, 0.3) is 0 Å². The quantitative estimate of drug-likeness (QED) is 0.941. The van der Waals surface area contributed by atoms with E-state index in [1.54, 1.807) is 25.1 Å². The molecular weight excluding hydrogens is 271 g/mol. The number of nitrogens with zero attached hydrogens (tertiary/aromatic N) is 1. The molecule has 106 valence electrons. The van der Waals surface area contributed by atoms with E-state index in [1.165, 1.54) is 25.3 Å². The third-order valence-electron chi connectivity index (χ3n) is 2.95. The van der Waals surface area contributed by atoms with Crippen LogP contribution in [0, 0.1) is 24.1 Å². The minimum Gasteiger partial charge on any atom is -0.495 e. The fourth-order valence-electron chi connectivity index (χ4n) is 1.86. The van der Waals surface area contributed by atoms with Crippen LogP contribution in [0.3, 0.4) is 0 Å². The van der Waals surface area contributed by atoms with Crippen molar-refractivity contribution in [3.63, 3.8) is 0 Å². The lowest BCUT2D eigenvalue weighted by Gasteiger charge is -2.11. The van der Waals surface area contributed by atoms with Crippen LogP contribution >= 0.6 is 0 Å². The van der Waals surface area contributed by atoms with Crippen LogP contribution in [0.2, 0.25) is 0 Å². The van der Waals surface area contributed by atoms with Crippen LogP contribution < -0.4 is 10.1 Å². The summed E-state index contributed by atoms with van der Waals surface area (Å²) in [5, 5.41) is 11.4. The maximum Gasteiger partial charge on any atom is 0.258 e. The predicted molar refractivity (Wildman–Crippen MR) is 76.8 cm³/mol. The molecule has 0 heterocycles. The standard InChI is InChI=1S/C16H13FN2O2/c1-10-3-5-12(13(17)7-10)16(20)19-14-6-4-11(9-18)8-15(14)21-2/h3-8H,1-2H3,(H,19,20). The van der Waals surface area contributed by atoms with E-state index < -0.39 is 11.7 Å². The van der Waals surface area contributed by atoms with Crippen LogP contribution in [0.4, 0.5) is 10.1 Å². The smallest absolute Gasteiger partial charge is 0.258 e. The largest absolute Gasteiger partial charge is 0.495 e. The number of ether oxygens (including phenoxy) is 1. The molecule has 5 heteroatoms. The zero-order chi connectivity index (χ0) is 15.4. The molecule has 0 atom stereocenters. The third-order valence-corrected chi connectivity index (χ3v) is 2.95. The number of halogens is 1. The van der Waals surface area contributed by atoms with E-state index in [0.717, 1.165) is 5.56 Å². The van der Waals surface area contributed by atoms with Gasteiger partial charge in [-0.15, -0.1) is 0 Å². The molecule has 0 bridgehead atoms. The summed E-state index contributed by atoms with van der Waals surface area (Å²) in [5.74, 6) is -0.814. The van der Waals surface area contributed by atoms with Gasteiger partial charge in [-0.1, -0.05) is 6.07 Å². The minimum atomic E-state index is -0.583. The number of aryl methyl sites for hydroxylation is 1. The topological polar surface area (TPSA) is 62.1 Å². The highest BCUT2D eigenvalue weighted by Gasteiger charge is 2.14. The summed E-state index contributed by atoms with van der Waals surface area (Å²) >= 11 is 0. The Balaban J connectivity index is 2.29. The highest BCUT2D eigenvalue weighted by molar-refractivity contribution is 6.05. The average Bonchev–Trinajstić information content (AvgIpc) is 2.47. The van der Waals surface area contributed by atoms with E-state index in [4.69, 9.17) is 10.00 Å². The molecule has 0 fully saturated rings. The van der Waals surface area contributed by atoms with Gasteiger partial charge in [-0.3, -0.25) is 4.79 Å². The molecule has 0 aliphatic rings. The van der Waals surface area contributed by atoms with Crippen molar-refractivity contribution in [3.05, 3.63) is 58.9 Å². The summed E-state index contributed by atoms with van der Waals surface area (Å²) in [6, 6.07) is 10.9. The van der Waals surface area contributed by atoms with Gasteiger partial charge in [-0.2, -0.15) is 5.26 Å². The van der Waals surface area contributed by atoms with Crippen LogP contribution in [0.5, 0.6) is 5.75 Å². The molecule has 1 amide bonds. The van der Waals surface area contributed by atoms with Crippen LogP contribution in [0.15, 0.2) is 36.4 Å². The van der Waals surface area contributed by atoms with Crippen molar-refractivity contribution in [2.24, 2.45) is 0 Å². The van der Waals surface area contributed by atoms with Gasteiger partial charge in [0.2, 0.25) is 0 Å². The summed E-state index contributed by atoms with van der Waals surface area (Å²) < 4.78 is 18.9. The zero-order valence-corrected chi connectivity index (χ0v) is 11.6. The van der Waals surface area contributed by atoms with Crippen molar-refractivity contribution in [3.8, 4) is 11.8 Å². The Morgan fingerprint density at radius 3 is 2.67 bits per heavy atom. The van der Waals surface area contributed by atoms with Crippen molar-refractivity contribution in [2.75, 3.05) is 12.4 Å². The molecule has 2 aromatic rings. The van der Waals surface area contributed by atoms with Gasteiger partial charge in [0.25, 0.3) is 5.91 Å². The lowest BCUT2D eigenvalue weighted by Crippen LogP contribution is -2.14. The van der Waals surface area contributed by atoms with Gasteiger partial charge >= 0.3 is 0 Å². The maximum atomic E-state index is 13.8. The Morgan fingerprint density at radius 1 is 1.29 bits per heavy atom. The molecule has 21 heavy (non-hydrogen) atoms. The number of methoxy groups -OCH3 is 1. The number of anilines is 1. The Labute approximate surface area is 121 Å². The molecule has 0 saturated carbocycles. The lowest BCUT2D eigenvalue weighted by atomic mass is 10.1. The monoisotopic (exact) mass is 284 g/mol. The summed E-state index contributed by atoms with van der Waals surface area (Å²) in [6.07, 6.45) is 0. The molecule has 0 saturated heterocycles. The fourth-order valence-corrected chi connectivity index (χ4v) is 1.86. The van der Waals surface area contributed by atoms with E-state index >= 15 is 0 Å². The Morgan fingerprint density at radius 2 is 2.05 bits per heavy atom. The molecule has 0 aliphatic carbocycles. The molecule has 0 aromatic heterocycles. The summed E-state index contributed by atoms with van der Waals surface area (Å²) in [6.45, 7) is 1.74. The van der Waals surface area contributed by atoms with Gasteiger partial charge in [0.1, 0.15) is 11.6 Å². The fraction of sp³-hybridized carbons (Fsp3) is 0.125. The first-order valence-electron chi connectivity index (χ1n) is 6.21. The normalized spacial score (nSPS) is 9.81. The summed E-state index contributed by atoms with van der Waals surface area (Å²) in [7, 11) is 1.43. The number of rotatable bonds is 3. The minimum absolute atomic E-state index is 0.0491. The number of amides is 1. The molecule has 0 aliphatic heterocycles. The SMILES string of the molecule is COc1cc(C#N)ccc1NC(=O)c1ccc(C)cc1F. The van der Waals surface area contributed by atoms with Crippen molar-refractivity contribution in [1.82, 2.24) is 0 Å². The first-order valence-corrected chi connectivity index (χ1v) is 6.21. The number of benzene rings is 2. The molecular formula is C16H13FN2O2. The number of carbonyl (C=O) groups excluding carboxylic acids is 1. The first kappa shape index (κ1) is 14.5. The van der Waals surface area contributed by atoms with E-state index in [1.807, 2.05) is 6.07 Å². The number of hydrogen-bond acceptors (Lipinski definition) is 3. The van der Waals surface area contributed by atoms with Gasteiger partial charge in [-0.25, -0.2) is 4.39 Å². The van der Waals surface area contributed by atoms with Crippen molar-refractivity contribution in [1.29, 1.82) is 5.26 Å². The number of nitrogens with one attached hydrogen (secondary N) is 1. The Bertz CT molecular complexity index is 736. The third kappa shape index (κ3) is 3.18. The van der Waals surface area contributed by atoms with Crippen LogP contribution in [-0.2, 0) is 0 Å². The van der Waals surface area contributed by atoms with E-state index in [2.05, 4.69) is 5.32 Å². The molecule has 0 spiro atoms. The molecule has 0 unspecified atom stereocenters. The average molecular weight is 284 g/mol. The zero-order valence-electron chi connectivity index (χ0n) is 11.6. The van der Waals surface area contributed by atoms with Crippen molar-refractivity contribution < 1.29 is 13.9 Å². The lowest BCUT2D eigenvalue weighted by molar-refractivity contribution is 0.102. The van der Waals surface area contributed by atoms with Gasteiger partial charge in [0.15, 0.2) is 0 Å². The second-order valence-electron chi connectivity index (χ2n) is 4.46. The van der Waals surface area contributed by atoms with E-state index in [-0.39, 0.29) is 5.56 Å². The van der Waals surface area contributed by atoms with E-state index in [0.29, 0.717) is 17.0 Å². The summed E-state index contributed by atoms with van der Waals surface area (Å²) in [4.78, 5) is 12.1.